The number of ether oxygens (including phenoxy) is 1. The molecule has 0 saturated carbocycles. The van der Waals surface area contributed by atoms with Crippen LogP contribution in [-0.4, -0.2) is 49.7 Å². The van der Waals surface area contributed by atoms with E-state index in [9.17, 15) is 4.79 Å². The summed E-state index contributed by atoms with van der Waals surface area (Å²) in [6.45, 7) is 10.5. The van der Waals surface area contributed by atoms with Crippen LogP contribution in [0.2, 0.25) is 0 Å². The van der Waals surface area contributed by atoms with Crippen molar-refractivity contribution >= 4 is 5.91 Å². The smallest absolute Gasteiger partial charge is 0.251 e. The molecule has 1 atom stereocenters. The third kappa shape index (κ3) is 4.29. The van der Waals surface area contributed by atoms with E-state index < -0.39 is 0 Å². The summed E-state index contributed by atoms with van der Waals surface area (Å²) in [7, 11) is 0. The van der Waals surface area contributed by atoms with Gasteiger partial charge in [-0.05, 0) is 24.5 Å². The molecule has 1 fully saturated rings. The number of hydrogen-bond donors (Lipinski definition) is 1. The molecule has 0 bridgehead atoms. The van der Waals surface area contributed by atoms with Gasteiger partial charge >= 0.3 is 0 Å². The van der Waals surface area contributed by atoms with Crippen LogP contribution < -0.4 is 5.32 Å². The van der Waals surface area contributed by atoms with Gasteiger partial charge < -0.3 is 10.1 Å². The Bertz CT molecular complexity index is 468. The second kappa shape index (κ2) is 7.57. The first kappa shape index (κ1) is 16.0. The molecule has 1 saturated heterocycles. The quantitative estimate of drug-likeness (QED) is 0.903. The van der Waals surface area contributed by atoms with E-state index in [4.69, 9.17) is 4.74 Å². The summed E-state index contributed by atoms with van der Waals surface area (Å²) in [6.07, 6.45) is 0. The van der Waals surface area contributed by atoms with Crippen molar-refractivity contribution in [2.75, 3.05) is 32.8 Å². The van der Waals surface area contributed by atoms with Crippen molar-refractivity contribution in [1.82, 2.24) is 10.2 Å². The molecule has 1 aliphatic rings. The monoisotopic (exact) mass is 290 g/mol. The largest absolute Gasteiger partial charge is 0.379 e. The highest BCUT2D eigenvalue weighted by Crippen LogP contribution is 2.13. The molecule has 1 aliphatic heterocycles. The van der Waals surface area contributed by atoms with E-state index in [1.165, 1.54) is 0 Å². The summed E-state index contributed by atoms with van der Waals surface area (Å²) in [5.74, 6) is 0.521. The van der Waals surface area contributed by atoms with Crippen molar-refractivity contribution in [3.05, 3.63) is 35.4 Å². The first-order chi connectivity index (χ1) is 10.1. The van der Waals surface area contributed by atoms with E-state index in [-0.39, 0.29) is 5.91 Å². The van der Waals surface area contributed by atoms with Crippen molar-refractivity contribution in [3.8, 4) is 0 Å². The van der Waals surface area contributed by atoms with Crippen LogP contribution >= 0.6 is 0 Å². The molecule has 1 heterocycles. The van der Waals surface area contributed by atoms with Gasteiger partial charge in [0, 0.05) is 31.2 Å². The number of nitrogens with one attached hydrogen (secondary N) is 1. The lowest BCUT2D eigenvalue weighted by molar-refractivity contribution is 0.00672. The molecule has 0 spiro atoms. The minimum Gasteiger partial charge on any atom is -0.379 e. The minimum absolute atomic E-state index is 0.0204. The number of carbonyl (C=O) groups is 1. The number of benzene rings is 1. The van der Waals surface area contributed by atoms with Gasteiger partial charge in [-0.1, -0.05) is 32.0 Å². The summed E-state index contributed by atoms with van der Waals surface area (Å²) in [4.78, 5) is 14.7. The summed E-state index contributed by atoms with van der Waals surface area (Å²) >= 11 is 0. The average molecular weight is 290 g/mol. The highest BCUT2D eigenvalue weighted by Gasteiger charge is 2.24. The number of morpholine rings is 1. The number of aryl methyl sites for hydroxylation is 1. The second-order valence-electron chi connectivity index (χ2n) is 5.98. The molecule has 2 rings (SSSR count). The van der Waals surface area contributed by atoms with Crippen molar-refractivity contribution in [2.24, 2.45) is 5.92 Å². The molecule has 4 nitrogen and oxygen atoms in total. The lowest BCUT2D eigenvalue weighted by atomic mass is 10.0. The van der Waals surface area contributed by atoms with Crippen LogP contribution in [0.15, 0.2) is 24.3 Å². The molecule has 1 aromatic carbocycles. The molecule has 1 N–H and O–H groups in total. The van der Waals surface area contributed by atoms with E-state index in [2.05, 4.69) is 24.1 Å². The van der Waals surface area contributed by atoms with Crippen molar-refractivity contribution in [2.45, 2.75) is 26.8 Å². The van der Waals surface area contributed by atoms with Gasteiger partial charge in [-0.3, -0.25) is 9.69 Å². The van der Waals surface area contributed by atoms with Crippen molar-refractivity contribution < 1.29 is 9.53 Å². The zero-order chi connectivity index (χ0) is 15.2. The highest BCUT2D eigenvalue weighted by atomic mass is 16.5. The Hall–Kier alpha value is -1.39. The molecule has 0 radical (unpaired) electrons. The molecule has 1 amide bonds. The fourth-order valence-corrected chi connectivity index (χ4v) is 2.82. The summed E-state index contributed by atoms with van der Waals surface area (Å²) in [6, 6.07) is 8.07. The first-order valence-corrected chi connectivity index (χ1v) is 7.75. The molecule has 1 aromatic rings. The average Bonchev–Trinajstić information content (AvgIpc) is 2.48. The maximum atomic E-state index is 12.3. The van der Waals surface area contributed by atoms with E-state index >= 15 is 0 Å². The van der Waals surface area contributed by atoms with Crippen LogP contribution in [0, 0.1) is 12.8 Å². The van der Waals surface area contributed by atoms with E-state index in [0.717, 1.165) is 37.4 Å². The molecule has 21 heavy (non-hydrogen) atoms. The van der Waals surface area contributed by atoms with E-state index in [1.807, 2.05) is 31.2 Å². The Morgan fingerprint density at radius 2 is 1.95 bits per heavy atom. The predicted molar refractivity (Wildman–Crippen MR) is 84.5 cm³/mol. The molecule has 0 aromatic heterocycles. The van der Waals surface area contributed by atoms with Crippen LogP contribution in [0.5, 0.6) is 0 Å². The standard InChI is InChI=1S/C17H26N2O2/c1-13(2)16(19-8-10-21-11-9-19)12-18-17(20)15-7-5-4-6-14(15)3/h4-7,13,16H,8-12H2,1-3H3,(H,18,20). The number of hydrogen-bond acceptors (Lipinski definition) is 3. The van der Waals surface area contributed by atoms with Gasteiger partial charge in [-0.15, -0.1) is 0 Å². The number of carbonyl (C=O) groups excluding carboxylic acids is 1. The van der Waals surface area contributed by atoms with E-state index in [0.29, 0.717) is 18.5 Å². The van der Waals surface area contributed by atoms with Crippen LogP contribution in [0.3, 0.4) is 0 Å². The van der Waals surface area contributed by atoms with Gasteiger partial charge in [-0.2, -0.15) is 0 Å². The predicted octanol–water partition coefficient (Wildman–Crippen LogP) is 2.08. The summed E-state index contributed by atoms with van der Waals surface area (Å²) in [5, 5.41) is 3.10. The Balaban J connectivity index is 1.95. The zero-order valence-electron chi connectivity index (χ0n) is 13.3. The van der Waals surface area contributed by atoms with Crippen molar-refractivity contribution in [1.29, 1.82) is 0 Å². The Morgan fingerprint density at radius 1 is 1.29 bits per heavy atom. The molecule has 1 unspecified atom stereocenters. The Labute approximate surface area is 127 Å². The number of rotatable bonds is 5. The van der Waals surface area contributed by atoms with Crippen LogP contribution in [0.1, 0.15) is 29.8 Å². The fourth-order valence-electron chi connectivity index (χ4n) is 2.82. The van der Waals surface area contributed by atoms with Gasteiger partial charge in [-0.25, -0.2) is 0 Å². The second-order valence-corrected chi connectivity index (χ2v) is 5.98. The SMILES string of the molecule is Cc1ccccc1C(=O)NCC(C(C)C)N1CCOCC1. The van der Waals surface area contributed by atoms with Gasteiger partial charge in [0.1, 0.15) is 0 Å². The molecular formula is C17H26N2O2. The molecule has 116 valence electrons. The van der Waals surface area contributed by atoms with Gasteiger partial charge in [0.2, 0.25) is 0 Å². The molecule has 0 aliphatic carbocycles. The third-order valence-corrected chi connectivity index (χ3v) is 4.15. The first-order valence-electron chi connectivity index (χ1n) is 7.75. The van der Waals surface area contributed by atoms with Crippen LogP contribution in [-0.2, 0) is 4.74 Å². The molecule has 4 heteroatoms. The highest BCUT2D eigenvalue weighted by molar-refractivity contribution is 5.95. The van der Waals surface area contributed by atoms with Gasteiger partial charge in [0.15, 0.2) is 0 Å². The summed E-state index contributed by atoms with van der Waals surface area (Å²) < 4.78 is 5.41. The minimum atomic E-state index is 0.0204. The lowest BCUT2D eigenvalue weighted by Crippen LogP contribution is -2.51. The van der Waals surface area contributed by atoms with E-state index in [1.54, 1.807) is 0 Å². The number of amides is 1. The fraction of sp³-hybridized carbons (Fsp3) is 0.588. The van der Waals surface area contributed by atoms with Gasteiger partial charge in [0.05, 0.1) is 13.2 Å². The lowest BCUT2D eigenvalue weighted by Gasteiger charge is -2.37. The number of nitrogens with zero attached hydrogens (tertiary/aromatic N) is 1. The zero-order valence-corrected chi connectivity index (χ0v) is 13.3. The Morgan fingerprint density at radius 3 is 2.57 bits per heavy atom. The Kier molecular flexibility index (Phi) is 5.76. The van der Waals surface area contributed by atoms with Crippen LogP contribution in [0.4, 0.5) is 0 Å². The van der Waals surface area contributed by atoms with Crippen molar-refractivity contribution in [3.63, 3.8) is 0 Å². The topological polar surface area (TPSA) is 41.6 Å². The summed E-state index contributed by atoms with van der Waals surface area (Å²) in [5.41, 5.74) is 1.78. The maximum Gasteiger partial charge on any atom is 0.251 e. The normalized spacial score (nSPS) is 17.7. The molecular weight excluding hydrogens is 264 g/mol. The van der Waals surface area contributed by atoms with Gasteiger partial charge in [0.25, 0.3) is 5.91 Å². The maximum absolute atomic E-state index is 12.3. The third-order valence-electron chi connectivity index (χ3n) is 4.15. The van der Waals surface area contributed by atoms with Crippen LogP contribution in [0.25, 0.3) is 0 Å².